The Morgan fingerprint density at radius 1 is 1.37 bits per heavy atom. The number of aryl methyl sites for hydroxylation is 1. The summed E-state index contributed by atoms with van der Waals surface area (Å²) in [6.07, 6.45) is 4.79. The van der Waals surface area contributed by atoms with Crippen LogP contribution in [0.15, 0.2) is 23.4 Å². The summed E-state index contributed by atoms with van der Waals surface area (Å²) in [4.78, 5) is 23.1. The average Bonchev–Trinajstić information content (AvgIpc) is 2.75. The normalized spacial score (nSPS) is 10.9. The van der Waals surface area contributed by atoms with Gasteiger partial charge in [-0.2, -0.15) is 10.2 Å². The van der Waals surface area contributed by atoms with E-state index in [1.165, 1.54) is 4.68 Å². The quantitative estimate of drug-likeness (QED) is 0.883. The van der Waals surface area contributed by atoms with Gasteiger partial charge < -0.3 is 5.11 Å². The van der Waals surface area contributed by atoms with E-state index in [4.69, 9.17) is 5.11 Å². The molecule has 1 N–H and O–H groups in total. The summed E-state index contributed by atoms with van der Waals surface area (Å²) in [6.45, 7) is 3.66. The Hall–Kier alpha value is -2.44. The molecule has 0 aromatic carbocycles. The second kappa shape index (κ2) is 4.68. The molecule has 7 heteroatoms. The predicted octanol–water partition coefficient (Wildman–Crippen LogP) is 0.788. The standard InChI is InChI=1S/C12H14N4O3/c1-7(2)9-6-16(8-4-13-15(3)5-8)14-10(11(9)17)12(18)19/h4-7H,1-3H3,(H,18,19). The van der Waals surface area contributed by atoms with Gasteiger partial charge in [-0.25, -0.2) is 9.48 Å². The molecule has 0 atom stereocenters. The van der Waals surface area contributed by atoms with Crippen LogP contribution in [-0.4, -0.2) is 30.6 Å². The number of hydrogen-bond donors (Lipinski definition) is 1. The van der Waals surface area contributed by atoms with Crippen LogP contribution in [0.25, 0.3) is 5.69 Å². The zero-order valence-electron chi connectivity index (χ0n) is 10.9. The Labute approximate surface area is 109 Å². The first-order chi connectivity index (χ1) is 8.90. The van der Waals surface area contributed by atoms with Crippen molar-refractivity contribution in [2.45, 2.75) is 19.8 Å². The summed E-state index contributed by atoms with van der Waals surface area (Å²) < 4.78 is 2.94. The summed E-state index contributed by atoms with van der Waals surface area (Å²) in [7, 11) is 1.74. The second-order valence-electron chi connectivity index (χ2n) is 4.54. The Morgan fingerprint density at radius 2 is 2.05 bits per heavy atom. The van der Waals surface area contributed by atoms with Crippen molar-refractivity contribution >= 4 is 5.97 Å². The molecule has 2 heterocycles. The SMILES string of the molecule is CC(C)c1cn(-c2cnn(C)c2)nc(C(=O)O)c1=O. The van der Waals surface area contributed by atoms with Crippen LogP contribution < -0.4 is 5.43 Å². The summed E-state index contributed by atoms with van der Waals surface area (Å²) >= 11 is 0. The highest BCUT2D eigenvalue weighted by molar-refractivity contribution is 5.85. The van der Waals surface area contributed by atoms with E-state index in [0.717, 1.165) is 0 Å². The molecule has 0 aliphatic heterocycles. The molecule has 2 aromatic rings. The van der Waals surface area contributed by atoms with Crippen molar-refractivity contribution in [3.05, 3.63) is 40.1 Å². The van der Waals surface area contributed by atoms with E-state index in [0.29, 0.717) is 11.3 Å². The first kappa shape index (κ1) is 13.0. The lowest BCUT2D eigenvalue weighted by Gasteiger charge is -2.09. The molecule has 0 saturated carbocycles. The van der Waals surface area contributed by atoms with Crippen molar-refractivity contribution in [3.63, 3.8) is 0 Å². The number of aromatic carboxylic acids is 1. The molecular weight excluding hydrogens is 248 g/mol. The van der Waals surface area contributed by atoms with Gasteiger partial charge in [0.25, 0.3) is 0 Å². The number of rotatable bonds is 3. The number of aromatic nitrogens is 4. The molecule has 0 aliphatic rings. The molecule has 0 fully saturated rings. The van der Waals surface area contributed by atoms with E-state index < -0.39 is 17.1 Å². The fourth-order valence-corrected chi connectivity index (χ4v) is 1.72. The molecule has 0 amide bonds. The van der Waals surface area contributed by atoms with Gasteiger partial charge in [0.15, 0.2) is 0 Å². The Bertz CT molecular complexity index is 685. The van der Waals surface area contributed by atoms with Crippen molar-refractivity contribution in [1.82, 2.24) is 19.6 Å². The maximum Gasteiger partial charge on any atom is 0.360 e. The maximum absolute atomic E-state index is 12.0. The van der Waals surface area contributed by atoms with E-state index in [1.807, 2.05) is 13.8 Å². The van der Waals surface area contributed by atoms with Crippen molar-refractivity contribution in [2.75, 3.05) is 0 Å². The van der Waals surface area contributed by atoms with E-state index in [9.17, 15) is 9.59 Å². The predicted molar refractivity (Wildman–Crippen MR) is 67.6 cm³/mol. The molecule has 0 spiro atoms. The maximum atomic E-state index is 12.0. The van der Waals surface area contributed by atoms with Crippen LogP contribution in [0.3, 0.4) is 0 Å². The van der Waals surface area contributed by atoms with Gasteiger partial charge in [0, 0.05) is 18.8 Å². The summed E-state index contributed by atoms with van der Waals surface area (Å²) in [6, 6.07) is 0. The van der Waals surface area contributed by atoms with Crippen molar-refractivity contribution in [1.29, 1.82) is 0 Å². The summed E-state index contributed by atoms with van der Waals surface area (Å²) in [5, 5.41) is 16.9. The number of carbonyl (C=O) groups is 1. The van der Waals surface area contributed by atoms with Crippen LogP contribution in [0, 0.1) is 0 Å². The van der Waals surface area contributed by atoms with Crippen molar-refractivity contribution in [2.24, 2.45) is 7.05 Å². The molecule has 0 bridgehead atoms. The molecule has 19 heavy (non-hydrogen) atoms. The fourth-order valence-electron chi connectivity index (χ4n) is 1.72. The molecule has 0 aliphatic carbocycles. The monoisotopic (exact) mass is 262 g/mol. The molecule has 0 unspecified atom stereocenters. The number of carboxylic acids is 1. The van der Waals surface area contributed by atoms with Crippen LogP contribution in [0.2, 0.25) is 0 Å². The fraction of sp³-hybridized carbons (Fsp3) is 0.333. The van der Waals surface area contributed by atoms with E-state index in [1.54, 1.807) is 30.3 Å². The van der Waals surface area contributed by atoms with Crippen LogP contribution in [0.4, 0.5) is 0 Å². The van der Waals surface area contributed by atoms with Crippen LogP contribution >= 0.6 is 0 Å². The first-order valence-corrected chi connectivity index (χ1v) is 5.76. The van der Waals surface area contributed by atoms with Gasteiger partial charge >= 0.3 is 5.97 Å². The van der Waals surface area contributed by atoms with E-state index in [-0.39, 0.29) is 5.92 Å². The van der Waals surface area contributed by atoms with Crippen LogP contribution in [0.5, 0.6) is 0 Å². The third kappa shape index (κ3) is 2.40. The number of carboxylic acid groups (broad SMARTS) is 1. The molecule has 0 radical (unpaired) electrons. The van der Waals surface area contributed by atoms with Gasteiger partial charge in [-0.3, -0.25) is 9.48 Å². The van der Waals surface area contributed by atoms with Gasteiger partial charge in [-0.15, -0.1) is 0 Å². The lowest BCUT2D eigenvalue weighted by atomic mass is 10.0. The lowest BCUT2D eigenvalue weighted by molar-refractivity contribution is 0.0686. The minimum Gasteiger partial charge on any atom is -0.476 e. The van der Waals surface area contributed by atoms with E-state index in [2.05, 4.69) is 10.2 Å². The summed E-state index contributed by atoms with van der Waals surface area (Å²) in [5.41, 5.74) is 0.000784. The van der Waals surface area contributed by atoms with Gasteiger partial charge in [0.05, 0.1) is 12.4 Å². The van der Waals surface area contributed by atoms with Crippen molar-refractivity contribution in [3.8, 4) is 5.69 Å². The van der Waals surface area contributed by atoms with Crippen LogP contribution in [0.1, 0.15) is 35.8 Å². The highest BCUT2D eigenvalue weighted by Crippen LogP contribution is 2.12. The average molecular weight is 262 g/mol. The highest BCUT2D eigenvalue weighted by Gasteiger charge is 2.18. The third-order valence-corrected chi connectivity index (χ3v) is 2.73. The van der Waals surface area contributed by atoms with E-state index >= 15 is 0 Å². The summed E-state index contributed by atoms with van der Waals surface area (Å²) in [5.74, 6) is -1.42. The topological polar surface area (TPSA) is 90.0 Å². The molecule has 7 nitrogen and oxygen atoms in total. The molecule has 0 saturated heterocycles. The minimum atomic E-state index is -1.33. The third-order valence-electron chi connectivity index (χ3n) is 2.73. The zero-order valence-corrected chi connectivity index (χ0v) is 10.9. The lowest BCUT2D eigenvalue weighted by Crippen LogP contribution is -2.25. The number of nitrogens with zero attached hydrogens (tertiary/aromatic N) is 4. The molecular formula is C12H14N4O3. The Morgan fingerprint density at radius 3 is 2.53 bits per heavy atom. The van der Waals surface area contributed by atoms with Gasteiger partial charge in [-0.05, 0) is 5.92 Å². The largest absolute Gasteiger partial charge is 0.476 e. The number of hydrogen-bond acceptors (Lipinski definition) is 4. The molecule has 100 valence electrons. The highest BCUT2D eigenvalue weighted by atomic mass is 16.4. The Kier molecular flexibility index (Phi) is 3.20. The van der Waals surface area contributed by atoms with Crippen molar-refractivity contribution < 1.29 is 9.90 Å². The van der Waals surface area contributed by atoms with Gasteiger partial charge in [-0.1, -0.05) is 13.8 Å². The first-order valence-electron chi connectivity index (χ1n) is 5.76. The second-order valence-corrected chi connectivity index (χ2v) is 4.54. The zero-order chi connectivity index (χ0) is 14.2. The molecule has 2 rings (SSSR count). The minimum absolute atomic E-state index is 0.0866. The Balaban J connectivity index is 2.69. The van der Waals surface area contributed by atoms with Gasteiger partial charge in [0.1, 0.15) is 5.69 Å². The van der Waals surface area contributed by atoms with Crippen LogP contribution in [-0.2, 0) is 7.05 Å². The smallest absolute Gasteiger partial charge is 0.360 e. The molecule has 2 aromatic heterocycles. The van der Waals surface area contributed by atoms with Gasteiger partial charge in [0.2, 0.25) is 11.1 Å².